The van der Waals surface area contributed by atoms with Gasteiger partial charge in [-0.3, -0.25) is 0 Å². The van der Waals surface area contributed by atoms with Crippen molar-refractivity contribution in [2.24, 2.45) is 5.73 Å². The molecule has 3 rings (SSSR count). The number of aromatic nitrogens is 1. The van der Waals surface area contributed by atoms with Crippen molar-refractivity contribution in [2.45, 2.75) is 50.7 Å². The highest BCUT2D eigenvalue weighted by molar-refractivity contribution is 5.29. The van der Waals surface area contributed by atoms with Gasteiger partial charge in [-0.1, -0.05) is 6.07 Å². The van der Waals surface area contributed by atoms with Crippen molar-refractivity contribution in [3.05, 3.63) is 23.4 Å². The molecule has 2 atom stereocenters. The van der Waals surface area contributed by atoms with Crippen molar-refractivity contribution in [1.82, 2.24) is 4.98 Å². The summed E-state index contributed by atoms with van der Waals surface area (Å²) in [7, 11) is 0. The molecule has 1 saturated carbocycles. The Hall–Kier alpha value is -1.09. The molecule has 2 unspecified atom stereocenters. The van der Waals surface area contributed by atoms with Crippen LogP contribution in [0.25, 0.3) is 0 Å². The van der Waals surface area contributed by atoms with Crippen LogP contribution in [0.3, 0.4) is 0 Å². The minimum atomic E-state index is 0.280. The Morgan fingerprint density at radius 2 is 2.19 bits per heavy atom. The molecule has 2 aliphatic carbocycles. The first kappa shape index (κ1) is 10.1. The van der Waals surface area contributed by atoms with Gasteiger partial charge in [0.25, 0.3) is 0 Å². The second-order valence-electron chi connectivity index (χ2n) is 4.92. The molecule has 16 heavy (non-hydrogen) atoms. The highest BCUT2D eigenvalue weighted by Gasteiger charge is 2.24. The summed E-state index contributed by atoms with van der Waals surface area (Å²) in [6.07, 6.45) is 6.92. The zero-order valence-corrected chi connectivity index (χ0v) is 9.48. The van der Waals surface area contributed by atoms with Gasteiger partial charge in [0.15, 0.2) is 0 Å². The topological polar surface area (TPSA) is 48.1 Å². The van der Waals surface area contributed by atoms with Gasteiger partial charge >= 0.3 is 0 Å². The molecule has 0 bridgehead atoms. The monoisotopic (exact) mass is 218 g/mol. The van der Waals surface area contributed by atoms with Crippen molar-refractivity contribution in [3.63, 3.8) is 0 Å². The van der Waals surface area contributed by atoms with Crippen LogP contribution in [0.4, 0.5) is 0 Å². The number of rotatable bonds is 2. The Labute approximate surface area is 96.0 Å². The van der Waals surface area contributed by atoms with E-state index in [4.69, 9.17) is 10.5 Å². The van der Waals surface area contributed by atoms with E-state index in [1.54, 1.807) is 0 Å². The smallest absolute Gasteiger partial charge is 0.213 e. The van der Waals surface area contributed by atoms with Crippen LogP contribution < -0.4 is 10.5 Å². The van der Waals surface area contributed by atoms with Crippen LogP contribution in [-0.4, -0.2) is 17.1 Å². The molecule has 0 aromatic carbocycles. The summed E-state index contributed by atoms with van der Waals surface area (Å²) in [5.41, 5.74) is 8.50. The highest BCUT2D eigenvalue weighted by Crippen LogP contribution is 2.26. The summed E-state index contributed by atoms with van der Waals surface area (Å²) in [6.45, 7) is 0. The molecule has 2 aliphatic rings. The van der Waals surface area contributed by atoms with E-state index in [2.05, 4.69) is 11.1 Å². The van der Waals surface area contributed by atoms with Crippen molar-refractivity contribution in [1.29, 1.82) is 0 Å². The standard InChI is InChI=1S/C13H18N2O/c14-10-5-6-11(8-10)16-13-7-4-9-2-1-3-12(9)15-13/h4,7,10-11H,1-3,5-6,8,14H2. The number of nitrogens with two attached hydrogens (primary N) is 1. The third-order valence-corrected chi connectivity index (χ3v) is 3.62. The Morgan fingerprint density at radius 3 is 3.00 bits per heavy atom. The van der Waals surface area contributed by atoms with Crippen LogP contribution in [0, 0.1) is 0 Å². The van der Waals surface area contributed by atoms with Gasteiger partial charge in [-0.15, -0.1) is 0 Å². The van der Waals surface area contributed by atoms with Gasteiger partial charge in [0, 0.05) is 17.8 Å². The van der Waals surface area contributed by atoms with Gasteiger partial charge in [0.1, 0.15) is 6.10 Å². The summed E-state index contributed by atoms with van der Waals surface area (Å²) < 4.78 is 5.88. The fourth-order valence-electron chi connectivity index (χ4n) is 2.72. The second kappa shape index (κ2) is 4.06. The van der Waals surface area contributed by atoms with Crippen molar-refractivity contribution in [3.8, 4) is 5.88 Å². The summed E-state index contributed by atoms with van der Waals surface area (Å²) in [5, 5.41) is 0. The molecule has 0 spiro atoms. The first-order valence-corrected chi connectivity index (χ1v) is 6.22. The molecule has 0 radical (unpaired) electrons. The minimum Gasteiger partial charge on any atom is -0.474 e. The Balaban J connectivity index is 1.71. The van der Waals surface area contributed by atoms with Crippen LogP contribution in [0.1, 0.15) is 36.9 Å². The quantitative estimate of drug-likeness (QED) is 0.823. The molecule has 0 amide bonds. The average Bonchev–Trinajstić information content (AvgIpc) is 2.87. The summed E-state index contributed by atoms with van der Waals surface area (Å²) in [4.78, 5) is 4.58. The van der Waals surface area contributed by atoms with E-state index >= 15 is 0 Å². The summed E-state index contributed by atoms with van der Waals surface area (Å²) >= 11 is 0. The molecular weight excluding hydrogens is 200 g/mol. The van der Waals surface area contributed by atoms with E-state index in [0.717, 1.165) is 31.6 Å². The lowest BCUT2D eigenvalue weighted by Gasteiger charge is -2.13. The average molecular weight is 218 g/mol. The van der Waals surface area contributed by atoms with Crippen molar-refractivity contribution < 1.29 is 4.74 Å². The predicted molar refractivity (Wildman–Crippen MR) is 62.5 cm³/mol. The number of pyridine rings is 1. The maximum Gasteiger partial charge on any atom is 0.213 e. The summed E-state index contributed by atoms with van der Waals surface area (Å²) in [5.74, 6) is 0.791. The molecule has 86 valence electrons. The minimum absolute atomic E-state index is 0.280. The van der Waals surface area contributed by atoms with Gasteiger partial charge in [-0.2, -0.15) is 0 Å². The van der Waals surface area contributed by atoms with Gasteiger partial charge in [-0.25, -0.2) is 4.98 Å². The zero-order valence-electron chi connectivity index (χ0n) is 9.48. The highest BCUT2D eigenvalue weighted by atomic mass is 16.5. The molecule has 3 nitrogen and oxygen atoms in total. The van der Waals surface area contributed by atoms with Crippen LogP contribution in [0.2, 0.25) is 0 Å². The van der Waals surface area contributed by atoms with E-state index in [-0.39, 0.29) is 6.10 Å². The fraction of sp³-hybridized carbons (Fsp3) is 0.615. The lowest BCUT2D eigenvalue weighted by atomic mass is 10.2. The van der Waals surface area contributed by atoms with Gasteiger partial charge in [0.05, 0.1) is 0 Å². The van der Waals surface area contributed by atoms with Gasteiger partial charge in [-0.05, 0) is 44.1 Å². The Kier molecular flexibility index (Phi) is 2.56. The molecular formula is C13H18N2O. The number of hydrogen-bond acceptors (Lipinski definition) is 3. The maximum absolute atomic E-state index is 5.88. The lowest BCUT2D eigenvalue weighted by molar-refractivity contribution is 0.199. The number of aryl methyl sites for hydroxylation is 2. The van der Waals surface area contributed by atoms with Gasteiger partial charge in [0.2, 0.25) is 5.88 Å². The van der Waals surface area contributed by atoms with Crippen LogP contribution in [-0.2, 0) is 12.8 Å². The summed E-state index contributed by atoms with van der Waals surface area (Å²) in [6, 6.07) is 4.49. The number of hydrogen-bond donors (Lipinski definition) is 1. The van der Waals surface area contributed by atoms with E-state index in [1.165, 1.54) is 24.1 Å². The molecule has 0 saturated heterocycles. The van der Waals surface area contributed by atoms with Crippen molar-refractivity contribution >= 4 is 0 Å². The van der Waals surface area contributed by atoms with Crippen LogP contribution in [0.15, 0.2) is 12.1 Å². The Bertz CT molecular complexity index is 392. The predicted octanol–water partition coefficient (Wildman–Crippen LogP) is 1.83. The SMILES string of the molecule is NC1CCC(Oc2ccc3c(n2)CCC3)C1. The number of fused-ring (bicyclic) bond motifs is 1. The molecule has 2 N–H and O–H groups in total. The molecule has 1 fully saturated rings. The van der Waals surface area contributed by atoms with Gasteiger partial charge < -0.3 is 10.5 Å². The largest absolute Gasteiger partial charge is 0.474 e. The molecule has 1 aromatic heterocycles. The first-order valence-electron chi connectivity index (χ1n) is 6.22. The maximum atomic E-state index is 5.88. The van der Waals surface area contributed by atoms with Crippen LogP contribution in [0.5, 0.6) is 5.88 Å². The van der Waals surface area contributed by atoms with Crippen LogP contribution >= 0.6 is 0 Å². The van der Waals surface area contributed by atoms with E-state index in [1.807, 2.05) is 6.07 Å². The number of ether oxygens (including phenoxy) is 1. The molecule has 3 heteroatoms. The first-order chi connectivity index (χ1) is 7.81. The number of nitrogens with zero attached hydrogens (tertiary/aromatic N) is 1. The fourth-order valence-corrected chi connectivity index (χ4v) is 2.72. The molecule has 1 aromatic rings. The normalized spacial score (nSPS) is 28.1. The van der Waals surface area contributed by atoms with E-state index in [0.29, 0.717) is 6.04 Å². The van der Waals surface area contributed by atoms with E-state index in [9.17, 15) is 0 Å². The molecule has 0 aliphatic heterocycles. The van der Waals surface area contributed by atoms with Crippen molar-refractivity contribution in [2.75, 3.05) is 0 Å². The third kappa shape index (κ3) is 1.92. The van der Waals surface area contributed by atoms with E-state index < -0.39 is 0 Å². The molecule has 1 heterocycles. The third-order valence-electron chi connectivity index (χ3n) is 3.62. The second-order valence-corrected chi connectivity index (χ2v) is 4.92. The zero-order chi connectivity index (χ0) is 11.0. The lowest BCUT2D eigenvalue weighted by Crippen LogP contribution is -2.19. The Morgan fingerprint density at radius 1 is 1.25 bits per heavy atom.